The highest BCUT2D eigenvalue weighted by molar-refractivity contribution is 6.42. The van der Waals surface area contributed by atoms with Gasteiger partial charge in [0.05, 0.1) is 22.8 Å². The Kier molecular flexibility index (Phi) is 21.2. The van der Waals surface area contributed by atoms with Crippen molar-refractivity contribution in [2.24, 2.45) is 9.98 Å². The van der Waals surface area contributed by atoms with Crippen LogP contribution in [0.15, 0.2) is 64.6 Å². The van der Waals surface area contributed by atoms with Crippen molar-refractivity contribution in [2.45, 2.75) is 169 Å². The monoisotopic (exact) mass is 599 g/mol. The van der Waals surface area contributed by atoms with E-state index in [-0.39, 0.29) is 0 Å². The lowest BCUT2D eigenvalue weighted by Crippen LogP contribution is -2.10. The van der Waals surface area contributed by atoms with E-state index in [2.05, 4.69) is 89.2 Å². The molecule has 0 aliphatic heterocycles. The van der Waals surface area contributed by atoms with Crippen LogP contribution in [0.4, 0.5) is 11.4 Å². The molecule has 244 valence electrons. The SMILES string of the molecule is CCCCCCCCCCC=CCCCc1ccccc1N=C(CCCC)C(C)=Nc1cc(CCCC)cc(CCCC)c1. The summed E-state index contributed by atoms with van der Waals surface area (Å²) in [5.74, 6) is 0. The van der Waals surface area contributed by atoms with Gasteiger partial charge in [0.15, 0.2) is 0 Å². The fraction of sp³-hybridized carbons (Fsp3) is 0.619. The summed E-state index contributed by atoms with van der Waals surface area (Å²) in [6.45, 7) is 11.3. The first-order valence-electron chi connectivity index (χ1n) is 18.6. The smallest absolute Gasteiger partial charge is 0.0665 e. The van der Waals surface area contributed by atoms with Crippen molar-refractivity contribution in [1.29, 1.82) is 0 Å². The minimum Gasteiger partial charge on any atom is -0.252 e. The number of hydrogen-bond acceptors (Lipinski definition) is 2. The molecular formula is C42H66N2. The van der Waals surface area contributed by atoms with Crippen LogP contribution in [0.5, 0.6) is 0 Å². The molecule has 0 unspecified atom stereocenters. The van der Waals surface area contributed by atoms with Crippen LogP contribution in [-0.4, -0.2) is 11.4 Å². The average molecular weight is 599 g/mol. The first kappa shape index (κ1) is 37.7. The van der Waals surface area contributed by atoms with Gasteiger partial charge in [-0.15, -0.1) is 0 Å². The van der Waals surface area contributed by atoms with Gasteiger partial charge < -0.3 is 0 Å². The van der Waals surface area contributed by atoms with Crippen molar-refractivity contribution in [2.75, 3.05) is 0 Å². The Labute approximate surface area is 273 Å². The molecule has 0 atom stereocenters. The minimum absolute atomic E-state index is 0.972. The van der Waals surface area contributed by atoms with Gasteiger partial charge in [0.1, 0.15) is 0 Å². The zero-order valence-corrected chi connectivity index (χ0v) is 29.4. The second-order valence-electron chi connectivity index (χ2n) is 12.8. The summed E-state index contributed by atoms with van der Waals surface area (Å²) in [5.41, 5.74) is 8.63. The average Bonchev–Trinajstić information content (AvgIpc) is 3.03. The molecule has 2 heteroatoms. The third-order valence-corrected chi connectivity index (χ3v) is 8.61. The highest BCUT2D eigenvalue weighted by Gasteiger charge is 2.09. The molecule has 2 aromatic rings. The van der Waals surface area contributed by atoms with Gasteiger partial charge in [-0.05, 0) is 112 Å². The number of para-hydroxylation sites is 1. The van der Waals surface area contributed by atoms with Crippen LogP contribution < -0.4 is 0 Å². The van der Waals surface area contributed by atoms with E-state index in [1.54, 1.807) is 0 Å². The van der Waals surface area contributed by atoms with Gasteiger partial charge in [-0.25, -0.2) is 0 Å². The third-order valence-electron chi connectivity index (χ3n) is 8.61. The molecule has 0 bridgehead atoms. The van der Waals surface area contributed by atoms with Gasteiger partial charge in [0.2, 0.25) is 0 Å². The van der Waals surface area contributed by atoms with Crippen molar-refractivity contribution in [3.63, 3.8) is 0 Å². The van der Waals surface area contributed by atoms with Gasteiger partial charge in [0, 0.05) is 0 Å². The molecule has 0 saturated heterocycles. The zero-order chi connectivity index (χ0) is 31.7. The first-order valence-corrected chi connectivity index (χ1v) is 18.6. The summed E-state index contributed by atoms with van der Waals surface area (Å²) >= 11 is 0. The molecule has 0 aliphatic carbocycles. The summed E-state index contributed by atoms with van der Waals surface area (Å²) in [6.07, 6.45) is 31.0. The number of allylic oxidation sites excluding steroid dienone is 2. The number of aliphatic imine (C=N–C) groups is 2. The maximum absolute atomic E-state index is 5.28. The summed E-state index contributed by atoms with van der Waals surface area (Å²) in [6, 6.07) is 15.8. The molecule has 0 spiro atoms. The number of rotatable bonds is 25. The second-order valence-corrected chi connectivity index (χ2v) is 12.8. The lowest BCUT2D eigenvalue weighted by Gasteiger charge is -2.11. The Bertz CT molecular complexity index is 1080. The Morgan fingerprint density at radius 2 is 1.14 bits per heavy atom. The van der Waals surface area contributed by atoms with E-state index in [1.807, 2.05) is 0 Å². The van der Waals surface area contributed by atoms with E-state index in [0.717, 1.165) is 67.7 Å². The molecule has 0 amide bonds. The van der Waals surface area contributed by atoms with E-state index in [9.17, 15) is 0 Å². The number of unbranched alkanes of at least 4 members (excludes halogenated alkanes) is 12. The maximum Gasteiger partial charge on any atom is 0.0665 e. The Hall–Kier alpha value is -2.48. The predicted molar refractivity (Wildman–Crippen MR) is 199 cm³/mol. The molecule has 0 fully saturated rings. The maximum atomic E-state index is 5.28. The standard InChI is InChI=1S/C42H66N2/c1-6-10-14-15-16-17-18-19-20-21-22-23-24-29-39-30-25-26-32-42(39)44-41(31-13-9-4)36(5)43-40-34-37(27-11-7-2)33-38(35-40)28-12-8-3/h21-22,25-26,30,32-35H,6-20,23-24,27-29,31H2,1-5H3. The highest BCUT2D eigenvalue weighted by Crippen LogP contribution is 2.25. The van der Waals surface area contributed by atoms with Crippen molar-refractivity contribution in [3.8, 4) is 0 Å². The topological polar surface area (TPSA) is 24.7 Å². The molecule has 2 rings (SSSR count). The number of benzene rings is 2. The van der Waals surface area contributed by atoms with E-state index in [0.29, 0.717) is 0 Å². The summed E-state index contributed by atoms with van der Waals surface area (Å²) in [7, 11) is 0. The lowest BCUT2D eigenvalue weighted by molar-refractivity contribution is 0.577. The van der Waals surface area contributed by atoms with Gasteiger partial charge in [-0.3, -0.25) is 9.98 Å². The van der Waals surface area contributed by atoms with Gasteiger partial charge in [-0.1, -0.05) is 128 Å². The van der Waals surface area contributed by atoms with E-state index in [4.69, 9.17) is 9.98 Å². The van der Waals surface area contributed by atoms with Crippen LogP contribution in [0, 0.1) is 0 Å². The molecule has 0 radical (unpaired) electrons. The summed E-state index contributed by atoms with van der Waals surface area (Å²) in [5, 5.41) is 0. The quantitative estimate of drug-likeness (QED) is 0.0617. The Balaban J connectivity index is 2.04. The van der Waals surface area contributed by atoms with Gasteiger partial charge in [0.25, 0.3) is 0 Å². The molecule has 2 aromatic carbocycles. The molecule has 44 heavy (non-hydrogen) atoms. The van der Waals surface area contributed by atoms with Crippen LogP contribution >= 0.6 is 0 Å². The predicted octanol–water partition coefficient (Wildman–Crippen LogP) is 13.8. The van der Waals surface area contributed by atoms with E-state index < -0.39 is 0 Å². The number of aryl methyl sites for hydroxylation is 3. The van der Waals surface area contributed by atoms with Crippen LogP contribution in [-0.2, 0) is 19.3 Å². The van der Waals surface area contributed by atoms with E-state index >= 15 is 0 Å². The molecule has 0 saturated carbocycles. The molecule has 0 heterocycles. The van der Waals surface area contributed by atoms with Crippen LogP contribution in [0.25, 0.3) is 0 Å². The number of nitrogens with zero attached hydrogens (tertiary/aromatic N) is 2. The molecule has 0 aromatic heterocycles. The fourth-order valence-electron chi connectivity index (χ4n) is 5.80. The van der Waals surface area contributed by atoms with E-state index in [1.165, 1.54) is 107 Å². The van der Waals surface area contributed by atoms with Crippen molar-refractivity contribution in [1.82, 2.24) is 0 Å². The van der Waals surface area contributed by atoms with Crippen LogP contribution in [0.1, 0.15) is 167 Å². The zero-order valence-electron chi connectivity index (χ0n) is 29.4. The summed E-state index contributed by atoms with van der Waals surface area (Å²) < 4.78 is 0. The normalized spacial score (nSPS) is 12.5. The second kappa shape index (κ2) is 24.8. The molecular weight excluding hydrogens is 532 g/mol. The Morgan fingerprint density at radius 1 is 0.568 bits per heavy atom. The lowest BCUT2D eigenvalue weighted by atomic mass is 10.0. The van der Waals surface area contributed by atoms with Crippen molar-refractivity contribution < 1.29 is 0 Å². The van der Waals surface area contributed by atoms with Crippen molar-refractivity contribution >= 4 is 22.8 Å². The van der Waals surface area contributed by atoms with Crippen LogP contribution in [0.2, 0.25) is 0 Å². The van der Waals surface area contributed by atoms with Crippen LogP contribution in [0.3, 0.4) is 0 Å². The summed E-state index contributed by atoms with van der Waals surface area (Å²) in [4.78, 5) is 10.5. The molecule has 2 nitrogen and oxygen atoms in total. The minimum atomic E-state index is 0.972. The Morgan fingerprint density at radius 3 is 1.77 bits per heavy atom. The van der Waals surface area contributed by atoms with Crippen molar-refractivity contribution in [3.05, 3.63) is 71.3 Å². The molecule has 0 N–H and O–H groups in total. The van der Waals surface area contributed by atoms with Gasteiger partial charge >= 0.3 is 0 Å². The first-order chi connectivity index (χ1) is 21.6. The fourth-order valence-corrected chi connectivity index (χ4v) is 5.80. The molecule has 0 aliphatic rings. The largest absolute Gasteiger partial charge is 0.252 e. The van der Waals surface area contributed by atoms with Gasteiger partial charge in [-0.2, -0.15) is 0 Å². The number of hydrogen-bond donors (Lipinski definition) is 0. The highest BCUT2D eigenvalue weighted by atomic mass is 14.8. The third kappa shape index (κ3) is 16.6.